The number of nitrogens with one attached hydrogen (secondary N) is 1. The lowest BCUT2D eigenvalue weighted by Crippen LogP contribution is -2.50. The van der Waals surface area contributed by atoms with Crippen LogP contribution in [0.5, 0.6) is 0 Å². The number of carbonyl (C=O) groups is 3. The van der Waals surface area contributed by atoms with E-state index >= 15 is 0 Å². The molecule has 1 fully saturated rings. The van der Waals surface area contributed by atoms with Crippen LogP contribution in [-0.2, 0) is 25.5 Å². The van der Waals surface area contributed by atoms with Crippen molar-refractivity contribution in [3.8, 4) is 0 Å². The van der Waals surface area contributed by atoms with Gasteiger partial charge in [-0.25, -0.2) is 4.79 Å². The van der Waals surface area contributed by atoms with E-state index in [0.717, 1.165) is 12.0 Å². The van der Waals surface area contributed by atoms with Crippen molar-refractivity contribution in [3.63, 3.8) is 0 Å². The first-order valence-electron chi connectivity index (χ1n) is 9.98. The first-order valence-corrected chi connectivity index (χ1v) is 9.98. The molecule has 3 atom stereocenters. The van der Waals surface area contributed by atoms with Gasteiger partial charge in [-0.2, -0.15) is 0 Å². The van der Waals surface area contributed by atoms with Crippen LogP contribution in [0.2, 0.25) is 0 Å². The average molecular weight is 405 g/mol. The second-order valence-corrected chi connectivity index (χ2v) is 8.43. The fourth-order valence-electron chi connectivity index (χ4n) is 3.51. The molecule has 1 aliphatic rings. The third-order valence-corrected chi connectivity index (χ3v) is 4.93. The predicted molar refractivity (Wildman–Crippen MR) is 109 cm³/mol. The highest BCUT2D eigenvalue weighted by Gasteiger charge is 2.44. The molecular weight excluding hydrogens is 372 g/mol. The summed E-state index contributed by atoms with van der Waals surface area (Å²) in [6.45, 7) is 7.55. The average Bonchev–Trinajstić information content (AvgIpc) is 3.03. The summed E-state index contributed by atoms with van der Waals surface area (Å²) in [5.41, 5.74) is 0.470. The third-order valence-electron chi connectivity index (χ3n) is 4.93. The summed E-state index contributed by atoms with van der Waals surface area (Å²) in [5.74, 6) is -0.771. The summed E-state index contributed by atoms with van der Waals surface area (Å²) >= 11 is 0. The largest absolute Gasteiger partial charge is 0.444 e. The van der Waals surface area contributed by atoms with Crippen LogP contribution in [0.25, 0.3) is 0 Å². The van der Waals surface area contributed by atoms with Gasteiger partial charge in [0.25, 0.3) is 0 Å². The van der Waals surface area contributed by atoms with Gasteiger partial charge in [-0.3, -0.25) is 14.5 Å². The summed E-state index contributed by atoms with van der Waals surface area (Å²) in [4.78, 5) is 38.7. The molecule has 7 nitrogen and oxygen atoms in total. The number of hydrogen-bond donors (Lipinski definition) is 1. The normalized spacial score (nSPS) is 19.0. The van der Waals surface area contributed by atoms with Crippen LogP contribution in [0, 0.1) is 5.92 Å². The highest BCUT2D eigenvalue weighted by Crippen LogP contribution is 2.26. The zero-order valence-corrected chi connectivity index (χ0v) is 17.9. The Morgan fingerprint density at radius 2 is 1.90 bits per heavy atom. The second-order valence-electron chi connectivity index (χ2n) is 8.43. The lowest BCUT2D eigenvalue weighted by molar-refractivity contribution is -0.130. The lowest BCUT2D eigenvalue weighted by Gasteiger charge is -2.34. The van der Waals surface area contributed by atoms with Crippen LogP contribution < -0.4 is 5.32 Å². The van der Waals surface area contributed by atoms with E-state index in [1.54, 1.807) is 27.7 Å². The Kier molecular flexibility index (Phi) is 7.79. The Bertz CT molecular complexity index is 714. The summed E-state index contributed by atoms with van der Waals surface area (Å²) in [5, 5.41) is 2.92. The molecule has 7 heteroatoms. The van der Waals surface area contributed by atoms with E-state index in [1.165, 1.54) is 12.0 Å². The van der Waals surface area contributed by atoms with E-state index in [0.29, 0.717) is 6.54 Å². The van der Waals surface area contributed by atoms with Crippen molar-refractivity contribution in [3.05, 3.63) is 35.9 Å². The molecule has 2 amide bonds. The molecule has 1 aromatic carbocycles. The molecule has 160 valence electrons. The van der Waals surface area contributed by atoms with Gasteiger partial charge < -0.3 is 14.8 Å². The number of benzene rings is 1. The van der Waals surface area contributed by atoms with Gasteiger partial charge in [0.1, 0.15) is 5.60 Å². The summed E-state index contributed by atoms with van der Waals surface area (Å²) < 4.78 is 11.0. The van der Waals surface area contributed by atoms with E-state index < -0.39 is 29.8 Å². The van der Waals surface area contributed by atoms with E-state index in [2.05, 4.69) is 5.32 Å². The van der Waals surface area contributed by atoms with Crippen molar-refractivity contribution in [2.45, 2.75) is 58.3 Å². The molecule has 1 aromatic rings. The number of hydrogen-bond acceptors (Lipinski definition) is 5. The van der Waals surface area contributed by atoms with Crippen molar-refractivity contribution >= 4 is 17.8 Å². The highest BCUT2D eigenvalue weighted by molar-refractivity contribution is 5.89. The number of Topliss-reactive ketones (excluding diaryl/α,β-unsaturated/α-hetero) is 1. The van der Waals surface area contributed by atoms with Crippen molar-refractivity contribution in [2.24, 2.45) is 5.92 Å². The number of amides is 2. The van der Waals surface area contributed by atoms with Crippen molar-refractivity contribution in [1.82, 2.24) is 10.2 Å². The number of carbonyl (C=O) groups excluding carboxylic acids is 3. The van der Waals surface area contributed by atoms with Gasteiger partial charge in [-0.15, -0.1) is 0 Å². The van der Waals surface area contributed by atoms with E-state index in [9.17, 15) is 14.4 Å². The number of ketones is 1. The smallest absolute Gasteiger partial charge is 0.411 e. The maximum atomic E-state index is 12.7. The molecule has 0 aliphatic carbocycles. The fourth-order valence-corrected chi connectivity index (χ4v) is 3.51. The molecule has 1 N–H and O–H groups in total. The van der Waals surface area contributed by atoms with Crippen LogP contribution in [0.4, 0.5) is 4.79 Å². The van der Waals surface area contributed by atoms with Crippen LogP contribution in [0.1, 0.15) is 39.7 Å². The number of ether oxygens (including phenoxy) is 2. The van der Waals surface area contributed by atoms with Gasteiger partial charge in [0.05, 0.1) is 24.6 Å². The second kappa shape index (κ2) is 9.87. The Hall–Kier alpha value is -2.41. The zero-order valence-electron chi connectivity index (χ0n) is 17.9. The molecular formula is C22H32N2O5. The van der Waals surface area contributed by atoms with Crippen LogP contribution in [0.15, 0.2) is 30.3 Å². The molecule has 29 heavy (non-hydrogen) atoms. The maximum absolute atomic E-state index is 12.7. The number of methoxy groups -OCH3 is 1. The maximum Gasteiger partial charge on any atom is 0.411 e. The standard InChI is InChI=1S/C22H32N2O5/c1-15(20(26)23-12-11-16-9-7-6-8-10-16)19(28-5)18-13-17(25)14-24(18)21(27)29-22(2,3)4/h6-10,15,18-19H,11-14H2,1-5H3,(H,23,26)/t15-,18?,19-/m1/s1. The summed E-state index contributed by atoms with van der Waals surface area (Å²) in [6, 6.07) is 9.36. The summed E-state index contributed by atoms with van der Waals surface area (Å²) in [7, 11) is 1.49. The van der Waals surface area contributed by atoms with Crippen molar-refractivity contribution in [2.75, 3.05) is 20.2 Å². The zero-order chi connectivity index (χ0) is 21.6. The number of rotatable bonds is 7. The van der Waals surface area contributed by atoms with Crippen molar-refractivity contribution < 1.29 is 23.9 Å². The Morgan fingerprint density at radius 3 is 2.48 bits per heavy atom. The van der Waals surface area contributed by atoms with E-state index in [-0.39, 0.29) is 24.7 Å². The van der Waals surface area contributed by atoms with E-state index in [1.807, 2.05) is 30.3 Å². The summed E-state index contributed by atoms with van der Waals surface area (Å²) in [6.07, 6.45) is -0.291. The van der Waals surface area contributed by atoms with Crippen molar-refractivity contribution in [1.29, 1.82) is 0 Å². The molecule has 2 rings (SSSR count). The molecule has 0 radical (unpaired) electrons. The quantitative estimate of drug-likeness (QED) is 0.755. The van der Waals surface area contributed by atoms with E-state index in [4.69, 9.17) is 9.47 Å². The molecule has 0 saturated carbocycles. The minimum absolute atomic E-state index is 0.0260. The monoisotopic (exact) mass is 404 g/mol. The van der Waals surface area contributed by atoms with Crippen LogP contribution in [-0.4, -0.2) is 60.6 Å². The fraction of sp³-hybridized carbons (Fsp3) is 0.591. The first kappa shape index (κ1) is 22.9. The van der Waals surface area contributed by atoms with Gasteiger partial charge in [0.2, 0.25) is 5.91 Å². The SMILES string of the molecule is CO[C@@H](C1CC(=O)CN1C(=O)OC(C)(C)C)[C@@H](C)C(=O)NCCc1ccccc1. The van der Waals surface area contributed by atoms with Crippen LogP contribution in [0.3, 0.4) is 0 Å². The highest BCUT2D eigenvalue weighted by atomic mass is 16.6. The molecule has 1 aliphatic heterocycles. The van der Waals surface area contributed by atoms with Gasteiger partial charge in [-0.1, -0.05) is 37.3 Å². The van der Waals surface area contributed by atoms with Gasteiger partial charge in [0.15, 0.2) is 5.78 Å². The first-order chi connectivity index (χ1) is 13.6. The topological polar surface area (TPSA) is 84.9 Å². The molecule has 0 aromatic heterocycles. The molecule has 0 spiro atoms. The number of likely N-dealkylation sites (tertiary alicyclic amines) is 1. The lowest BCUT2D eigenvalue weighted by atomic mass is 9.94. The molecule has 0 bridgehead atoms. The predicted octanol–water partition coefficient (Wildman–Crippen LogP) is 2.57. The third kappa shape index (κ3) is 6.56. The minimum atomic E-state index is -0.670. The van der Waals surface area contributed by atoms with Gasteiger partial charge in [0, 0.05) is 20.1 Å². The van der Waals surface area contributed by atoms with Crippen LogP contribution >= 0.6 is 0 Å². The molecule has 1 saturated heterocycles. The molecule has 1 unspecified atom stereocenters. The van der Waals surface area contributed by atoms with Gasteiger partial charge in [-0.05, 0) is 32.8 Å². The Labute approximate surface area is 172 Å². The Morgan fingerprint density at radius 1 is 1.24 bits per heavy atom. The molecule has 1 heterocycles. The minimum Gasteiger partial charge on any atom is -0.444 e. The van der Waals surface area contributed by atoms with Gasteiger partial charge >= 0.3 is 6.09 Å². The number of nitrogens with zero attached hydrogens (tertiary/aromatic N) is 1. The Balaban J connectivity index is 2.00.